The Bertz CT molecular complexity index is 490. The second-order valence-corrected chi connectivity index (χ2v) is 3.49. The second kappa shape index (κ2) is 3.96. The van der Waals surface area contributed by atoms with Crippen LogP contribution in [0.4, 0.5) is 20.4 Å². The van der Waals surface area contributed by atoms with Gasteiger partial charge >= 0.3 is 0 Å². The van der Waals surface area contributed by atoms with Crippen molar-refractivity contribution in [3.05, 3.63) is 17.7 Å². The second-order valence-electron chi connectivity index (χ2n) is 3.49. The summed E-state index contributed by atoms with van der Waals surface area (Å²) < 4.78 is 26.3. The van der Waals surface area contributed by atoms with Gasteiger partial charge in [0.2, 0.25) is 11.8 Å². The molecule has 2 amide bonds. The molecule has 0 aliphatic carbocycles. The predicted octanol–water partition coefficient (Wildman–Crippen LogP) is -0.595. The van der Waals surface area contributed by atoms with Crippen molar-refractivity contribution >= 4 is 23.5 Å². The standard InChI is InChI=1S/C9H8F2N4O2/c10-4-1-5(11)9(14-8(4)12)15-2-6(16)13-7(17)3-15/h1H,2-3H2,(H2,12,14)(H,13,16,17). The maximum absolute atomic E-state index is 13.4. The van der Waals surface area contributed by atoms with E-state index in [0.29, 0.717) is 6.07 Å². The highest BCUT2D eigenvalue weighted by atomic mass is 19.1. The first-order chi connectivity index (χ1) is 7.97. The molecule has 3 N–H and O–H groups in total. The highest BCUT2D eigenvalue weighted by molar-refractivity contribution is 6.02. The van der Waals surface area contributed by atoms with Gasteiger partial charge < -0.3 is 10.6 Å². The molecule has 0 radical (unpaired) electrons. The van der Waals surface area contributed by atoms with Crippen LogP contribution in [0.25, 0.3) is 0 Å². The SMILES string of the molecule is Nc1nc(N2CC(=O)NC(=O)C2)c(F)cc1F. The first-order valence-electron chi connectivity index (χ1n) is 4.66. The van der Waals surface area contributed by atoms with E-state index in [1.807, 2.05) is 5.32 Å². The number of hydrogen-bond donors (Lipinski definition) is 2. The number of nitrogens with two attached hydrogens (primary N) is 1. The molecular weight excluding hydrogens is 234 g/mol. The van der Waals surface area contributed by atoms with Gasteiger partial charge in [-0.2, -0.15) is 0 Å². The number of halogens is 2. The first kappa shape index (κ1) is 11.2. The molecule has 1 aliphatic rings. The van der Waals surface area contributed by atoms with Gasteiger partial charge in [-0.1, -0.05) is 0 Å². The molecule has 0 unspecified atom stereocenters. The largest absolute Gasteiger partial charge is 0.381 e. The molecule has 0 atom stereocenters. The number of amides is 2. The van der Waals surface area contributed by atoms with E-state index < -0.39 is 29.3 Å². The topological polar surface area (TPSA) is 88.3 Å². The number of imide groups is 1. The van der Waals surface area contributed by atoms with Crippen LogP contribution in [0.3, 0.4) is 0 Å². The van der Waals surface area contributed by atoms with E-state index in [1.54, 1.807) is 0 Å². The molecule has 90 valence electrons. The maximum atomic E-state index is 13.4. The monoisotopic (exact) mass is 242 g/mol. The summed E-state index contributed by atoms with van der Waals surface area (Å²) >= 11 is 0. The van der Waals surface area contributed by atoms with E-state index in [9.17, 15) is 18.4 Å². The van der Waals surface area contributed by atoms with Crippen LogP contribution in [-0.4, -0.2) is 29.9 Å². The highest BCUT2D eigenvalue weighted by Gasteiger charge is 2.26. The Kier molecular flexibility index (Phi) is 2.62. The maximum Gasteiger partial charge on any atom is 0.246 e. The molecule has 0 aromatic carbocycles. The van der Waals surface area contributed by atoms with Crippen molar-refractivity contribution in [3.63, 3.8) is 0 Å². The van der Waals surface area contributed by atoms with Crippen molar-refractivity contribution in [2.24, 2.45) is 0 Å². The molecule has 1 aliphatic heterocycles. The third-order valence-electron chi connectivity index (χ3n) is 2.19. The van der Waals surface area contributed by atoms with Gasteiger partial charge in [0.05, 0.1) is 13.1 Å². The van der Waals surface area contributed by atoms with Crippen molar-refractivity contribution in [2.75, 3.05) is 23.7 Å². The molecule has 17 heavy (non-hydrogen) atoms. The van der Waals surface area contributed by atoms with Crippen molar-refractivity contribution in [2.45, 2.75) is 0 Å². The normalized spacial score (nSPS) is 16.0. The van der Waals surface area contributed by atoms with Gasteiger partial charge in [-0.05, 0) is 0 Å². The number of aromatic nitrogens is 1. The molecule has 1 saturated heterocycles. The van der Waals surface area contributed by atoms with Crippen molar-refractivity contribution in [1.29, 1.82) is 0 Å². The zero-order valence-electron chi connectivity index (χ0n) is 8.54. The lowest BCUT2D eigenvalue weighted by atomic mass is 10.3. The summed E-state index contributed by atoms with van der Waals surface area (Å²) in [5.41, 5.74) is 5.20. The lowest BCUT2D eigenvalue weighted by Gasteiger charge is -2.26. The summed E-state index contributed by atoms with van der Waals surface area (Å²) in [6, 6.07) is 0.564. The van der Waals surface area contributed by atoms with Crippen molar-refractivity contribution < 1.29 is 18.4 Å². The number of nitrogens with zero attached hydrogens (tertiary/aromatic N) is 2. The Labute approximate surface area is 94.4 Å². The van der Waals surface area contributed by atoms with Crippen LogP contribution in [-0.2, 0) is 9.59 Å². The molecule has 0 spiro atoms. The minimum absolute atomic E-state index is 0.235. The molecule has 1 aromatic heterocycles. The first-order valence-corrected chi connectivity index (χ1v) is 4.66. The fraction of sp³-hybridized carbons (Fsp3) is 0.222. The quantitative estimate of drug-likeness (QED) is 0.642. The number of carbonyl (C=O) groups excluding carboxylic acids is 2. The van der Waals surface area contributed by atoms with Crippen LogP contribution in [0.5, 0.6) is 0 Å². The average Bonchev–Trinajstić information content (AvgIpc) is 2.22. The number of nitrogen functional groups attached to an aromatic ring is 1. The van der Waals surface area contributed by atoms with Gasteiger partial charge in [-0.3, -0.25) is 14.9 Å². The fourth-order valence-corrected chi connectivity index (χ4v) is 1.48. The molecule has 1 fully saturated rings. The third kappa shape index (κ3) is 2.14. The van der Waals surface area contributed by atoms with E-state index in [-0.39, 0.29) is 18.9 Å². The molecule has 0 bridgehead atoms. The summed E-state index contributed by atoms with van der Waals surface area (Å²) in [5, 5.41) is 2.05. The van der Waals surface area contributed by atoms with Crippen LogP contribution < -0.4 is 16.0 Å². The van der Waals surface area contributed by atoms with E-state index in [0.717, 1.165) is 4.90 Å². The lowest BCUT2D eigenvalue weighted by Crippen LogP contribution is -2.52. The highest BCUT2D eigenvalue weighted by Crippen LogP contribution is 2.21. The number of rotatable bonds is 1. The zero-order chi connectivity index (χ0) is 12.6. The fourth-order valence-electron chi connectivity index (χ4n) is 1.48. The zero-order valence-corrected chi connectivity index (χ0v) is 8.54. The van der Waals surface area contributed by atoms with Gasteiger partial charge in [0, 0.05) is 6.07 Å². The minimum Gasteiger partial charge on any atom is -0.381 e. The van der Waals surface area contributed by atoms with Crippen molar-refractivity contribution in [1.82, 2.24) is 10.3 Å². The van der Waals surface area contributed by atoms with Gasteiger partial charge in [0.25, 0.3) is 0 Å². The van der Waals surface area contributed by atoms with Crippen LogP contribution in [0.15, 0.2) is 6.07 Å². The summed E-state index contributed by atoms with van der Waals surface area (Å²) in [5.74, 6) is -3.92. The Morgan fingerprint density at radius 1 is 1.24 bits per heavy atom. The Balaban J connectivity index is 2.36. The van der Waals surface area contributed by atoms with Crippen molar-refractivity contribution in [3.8, 4) is 0 Å². The van der Waals surface area contributed by atoms with E-state index in [4.69, 9.17) is 5.73 Å². The minimum atomic E-state index is -0.987. The Morgan fingerprint density at radius 3 is 2.41 bits per heavy atom. The summed E-state index contributed by atoms with van der Waals surface area (Å²) in [6.07, 6.45) is 0. The molecule has 6 nitrogen and oxygen atoms in total. The average molecular weight is 242 g/mol. The summed E-state index contributed by atoms with van der Waals surface area (Å²) in [6.45, 7) is -0.471. The molecule has 0 saturated carbocycles. The molecule has 2 heterocycles. The van der Waals surface area contributed by atoms with Gasteiger partial charge in [-0.15, -0.1) is 0 Å². The molecule has 8 heteroatoms. The van der Waals surface area contributed by atoms with E-state index in [2.05, 4.69) is 4.98 Å². The summed E-state index contributed by atoms with van der Waals surface area (Å²) in [7, 11) is 0. The van der Waals surface area contributed by atoms with Crippen LogP contribution in [0.1, 0.15) is 0 Å². The Hall–Kier alpha value is -2.25. The lowest BCUT2D eigenvalue weighted by molar-refractivity contribution is -0.130. The number of pyridine rings is 1. The van der Waals surface area contributed by atoms with E-state index >= 15 is 0 Å². The van der Waals surface area contributed by atoms with Gasteiger partial charge in [0.15, 0.2) is 23.3 Å². The molecule has 2 rings (SSSR count). The van der Waals surface area contributed by atoms with Crippen LogP contribution in [0.2, 0.25) is 0 Å². The van der Waals surface area contributed by atoms with Gasteiger partial charge in [0.1, 0.15) is 0 Å². The number of carbonyl (C=O) groups is 2. The Morgan fingerprint density at radius 2 is 1.82 bits per heavy atom. The number of nitrogens with one attached hydrogen (secondary N) is 1. The molecule has 1 aromatic rings. The van der Waals surface area contributed by atoms with Gasteiger partial charge in [-0.25, -0.2) is 13.8 Å². The molecular formula is C9H8F2N4O2. The predicted molar refractivity (Wildman–Crippen MR) is 53.9 cm³/mol. The van der Waals surface area contributed by atoms with Crippen LogP contribution >= 0.6 is 0 Å². The summed E-state index contributed by atoms with van der Waals surface area (Å²) in [4.78, 5) is 26.8. The number of hydrogen-bond acceptors (Lipinski definition) is 5. The van der Waals surface area contributed by atoms with Crippen LogP contribution in [0, 0.1) is 11.6 Å². The third-order valence-corrected chi connectivity index (χ3v) is 2.19. The smallest absolute Gasteiger partial charge is 0.246 e. The number of piperazine rings is 1. The number of anilines is 2. The van der Waals surface area contributed by atoms with E-state index in [1.165, 1.54) is 0 Å².